The Bertz CT molecular complexity index is 1010. The average Bonchev–Trinajstić information content (AvgIpc) is 2.67. The molecule has 6 heteroatoms. The second kappa shape index (κ2) is 8.59. The first-order chi connectivity index (χ1) is 13.0. The van der Waals surface area contributed by atoms with Crippen molar-refractivity contribution in [2.45, 2.75) is 6.42 Å². The highest BCUT2D eigenvalue weighted by Crippen LogP contribution is 2.25. The number of hydrogen-bond acceptors (Lipinski definition) is 2. The molecule has 0 unspecified atom stereocenters. The largest absolute Gasteiger partial charge is 0.325 e. The molecule has 0 aliphatic rings. The van der Waals surface area contributed by atoms with Crippen LogP contribution in [0.25, 0.3) is 0 Å². The Morgan fingerprint density at radius 3 is 2.41 bits per heavy atom. The summed E-state index contributed by atoms with van der Waals surface area (Å²) in [6.07, 6.45) is -0.139. The lowest BCUT2D eigenvalue weighted by Crippen LogP contribution is -2.18. The van der Waals surface area contributed by atoms with Gasteiger partial charge in [-0.1, -0.05) is 58.4 Å². The molecule has 0 aromatic heterocycles. The molecule has 3 aromatic rings. The van der Waals surface area contributed by atoms with Crippen LogP contribution in [0.3, 0.4) is 0 Å². The number of rotatable bonds is 5. The van der Waals surface area contributed by atoms with Gasteiger partial charge in [0.05, 0.1) is 16.6 Å². The molecule has 27 heavy (non-hydrogen) atoms. The molecule has 3 rings (SSSR count). The summed E-state index contributed by atoms with van der Waals surface area (Å²) in [5.41, 5.74) is 1.53. The molecule has 0 radical (unpaired) electrons. The smallest absolute Gasteiger partial charge is 0.228 e. The third-order valence-corrected chi connectivity index (χ3v) is 5.02. The Morgan fingerprint density at radius 1 is 0.926 bits per heavy atom. The predicted octanol–water partition coefficient (Wildman–Crippen LogP) is 5.76. The summed E-state index contributed by atoms with van der Waals surface area (Å²) in [5.74, 6) is -1.08. The number of carbonyl (C=O) groups excluding carboxylic acids is 2. The Labute approximate surface area is 172 Å². The van der Waals surface area contributed by atoms with Crippen molar-refractivity contribution < 1.29 is 14.0 Å². The highest BCUT2D eigenvalue weighted by atomic mass is 79.9. The molecule has 0 heterocycles. The molecule has 0 aliphatic heterocycles. The van der Waals surface area contributed by atoms with E-state index in [0.717, 1.165) is 4.47 Å². The summed E-state index contributed by atoms with van der Waals surface area (Å²) >= 11 is 6.47. The number of ketones is 1. The topological polar surface area (TPSA) is 46.2 Å². The van der Waals surface area contributed by atoms with Gasteiger partial charge < -0.3 is 5.32 Å². The van der Waals surface area contributed by atoms with E-state index in [9.17, 15) is 14.0 Å². The lowest BCUT2D eigenvalue weighted by atomic mass is 10.0. The third-order valence-electron chi connectivity index (χ3n) is 3.92. The van der Waals surface area contributed by atoms with Gasteiger partial charge in [-0.05, 0) is 45.8 Å². The standard InChI is InChI=1S/C21H14Br2FNO2/c22-15-9-10-18(16(12-15)21(27)13-5-2-1-3-6-13)25-19(26)11-14-7-4-8-17(23)20(14)24/h1-10,12H,11H2,(H,25,26). The normalized spacial score (nSPS) is 10.5. The van der Waals surface area contributed by atoms with Crippen molar-refractivity contribution in [3.8, 4) is 0 Å². The number of halogens is 3. The van der Waals surface area contributed by atoms with Crippen LogP contribution in [0.1, 0.15) is 21.5 Å². The maximum Gasteiger partial charge on any atom is 0.228 e. The van der Waals surface area contributed by atoms with Crippen molar-refractivity contribution >= 4 is 49.2 Å². The molecule has 0 fully saturated rings. The van der Waals surface area contributed by atoms with Crippen molar-refractivity contribution in [1.29, 1.82) is 0 Å². The van der Waals surface area contributed by atoms with E-state index in [1.165, 1.54) is 0 Å². The molecule has 0 saturated carbocycles. The van der Waals surface area contributed by atoms with E-state index in [4.69, 9.17) is 0 Å². The second-order valence-corrected chi connectivity index (χ2v) is 7.59. The van der Waals surface area contributed by atoms with E-state index >= 15 is 0 Å². The van der Waals surface area contributed by atoms with E-state index in [1.54, 1.807) is 60.7 Å². The number of carbonyl (C=O) groups is 2. The Morgan fingerprint density at radius 2 is 1.67 bits per heavy atom. The highest BCUT2D eigenvalue weighted by Gasteiger charge is 2.17. The minimum absolute atomic E-state index is 0.139. The van der Waals surface area contributed by atoms with Crippen molar-refractivity contribution in [3.63, 3.8) is 0 Å². The molecule has 136 valence electrons. The van der Waals surface area contributed by atoms with Crippen LogP contribution in [0, 0.1) is 5.82 Å². The van der Waals surface area contributed by atoms with Crippen LogP contribution in [0.2, 0.25) is 0 Å². The lowest BCUT2D eigenvalue weighted by molar-refractivity contribution is -0.115. The molecule has 0 saturated heterocycles. The van der Waals surface area contributed by atoms with Gasteiger partial charge in [-0.25, -0.2) is 4.39 Å². The minimum Gasteiger partial charge on any atom is -0.325 e. The number of nitrogens with one attached hydrogen (secondary N) is 1. The van der Waals surface area contributed by atoms with Crippen LogP contribution in [0.15, 0.2) is 75.7 Å². The van der Waals surface area contributed by atoms with Gasteiger partial charge in [0.25, 0.3) is 0 Å². The van der Waals surface area contributed by atoms with Gasteiger partial charge >= 0.3 is 0 Å². The molecule has 0 bridgehead atoms. The summed E-state index contributed by atoms with van der Waals surface area (Å²) < 4.78 is 15.1. The summed E-state index contributed by atoms with van der Waals surface area (Å²) in [6.45, 7) is 0. The molecular formula is C21H14Br2FNO2. The Hall–Kier alpha value is -2.31. The van der Waals surface area contributed by atoms with Gasteiger partial charge in [0.15, 0.2) is 5.78 Å². The molecule has 0 aliphatic carbocycles. The van der Waals surface area contributed by atoms with Crippen LogP contribution < -0.4 is 5.32 Å². The number of anilines is 1. The summed E-state index contributed by atoms with van der Waals surface area (Å²) in [5, 5.41) is 2.72. The molecule has 3 nitrogen and oxygen atoms in total. The molecule has 0 spiro atoms. The zero-order chi connectivity index (χ0) is 19.4. The van der Waals surface area contributed by atoms with E-state index in [0.29, 0.717) is 21.3 Å². The van der Waals surface area contributed by atoms with Crippen molar-refractivity contribution in [2.75, 3.05) is 5.32 Å². The second-order valence-electron chi connectivity index (χ2n) is 5.82. The average molecular weight is 491 g/mol. The van der Waals surface area contributed by atoms with Crippen molar-refractivity contribution in [1.82, 2.24) is 0 Å². The molecular weight excluding hydrogens is 477 g/mol. The van der Waals surface area contributed by atoms with Crippen LogP contribution in [-0.4, -0.2) is 11.7 Å². The number of amides is 1. The quantitative estimate of drug-likeness (QED) is 0.462. The van der Waals surface area contributed by atoms with Crippen LogP contribution in [0.4, 0.5) is 10.1 Å². The van der Waals surface area contributed by atoms with Crippen LogP contribution in [-0.2, 0) is 11.2 Å². The van der Waals surface area contributed by atoms with Gasteiger partial charge in [-0.2, -0.15) is 0 Å². The summed E-state index contributed by atoms with van der Waals surface area (Å²) in [6, 6.07) is 18.6. The van der Waals surface area contributed by atoms with Crippen molar-refractivity contribution in [3.05, 3.63) is 98.2 Å². The van der Waals surface area contributed by atoms with Gasteiger partial charge in [-0.15, -0.1) is 0 Å². The number of hydrogen-bond donors (Lipinski definition) is 1. The fourth-order valence-corrected chi connectivity index (χ4v) is 3.38. The fraction of sp³-hybridized carbons (Fsp3) is 0.0476. The maximum atomic E-state index is 14.1. The monoisotopic (exact) mass is 489 g/mol. The zero-order valence-corrected chi connectivity index (χ0v) is 17.2. The van der Waals surface area contributed by atoms with E-state index in [-0.39, 0.29) is 17.8 Å². The third kappa shape index (κ3) is 4.70. The highest BCUT2D eigenvalue weighted by molar-refractivity contribution is 9.10. The maximum absolute atomic E-state index is 14.1. The Balaban J connectivity index is 1.86. The summed E-state index contributed by atoms with van der Waals surface area (Å²) in [4.78, 5) is 25.2. The SMILES string of the molecule is O=C(Cc1cccc(Br)c1F)Nc1ccc(Br)cc1C(=O)c1ccccc1. The van der Waals surface area contributed by atoms with E-state index in [1.807, 2.05) is 6.07 Å². The lowest BCUT2D eigenvalue weighted by Gasteiger charge is -2.12. The van der Waals surface area contributed by atoms with Crippen molar-refractivity contribution in [2.24, 2.45) is 0 Å². The first-order valence-electron chi connectivity index (χ1n) is 8.08. The van der Waals surface area contributed by atoms with Gasteiger partial charge in [-0.3, -0.25) is 9.59 Å². The zero-order valence-electron chi connectivity index (χ0n) is 14.0. The molecule has 3 aromatic carbocycles. The van der Waals surface area contributed by atoms with E-state index in [2.05, 4.69) is 37.2 Å². The van der Waals surface area contributed by atoms with E-state index < -0.39 is 11.7 Å². The summed E-state index contributed by atoms with van der Waals surface area (Å²) in [7, 11) is 0. The Kier molecular flexibility index (Phi) is 6.19. The van der Waals surface area contributed by atoms with Gasteiger partial charge in [0.1, 0.15) is 5.82 Å². The molecule has 1 N–H and O–H groups in total. The minimum atomic E-state index is -0.468. The van der Waals surface area contributed by atoms with Gasteiger partial charge in [0.2, 0.25) is 5.91 Å². The van der Waals surface area contributed by atoms with Gasteiger partial charge in [0, 0.05) is 15.6 Å². The molecule has 1 amide bonds. The van der Waals surface area contributed by atoms with Crippen LogP contribution in [0.5, 0.6) is 0 Å². The number of benzene rings is 3. The van der Waals surface area contributed by atoms with Crippen LogP contribution >= 0.6 is 31.9 Å². The molecule has 0 atom stereocenters. The first kappa shape index (κ1) is 19.5. The first-order valence-corrected chi connectivity index (χ1v) is 9.66. The fourth-order valence-electron chi connectivity index (χ4n) is 2.61. The predicted molar refractivity (Wildman–Crippen MR) is 110 cm³/mol.